The number of nitro benzene ring substituents is 1. The third-order valence-electron chi connectivity index (χ3n) is 3.22. The van der Waals surface area contributed by atoms with Crippen LogP contribution in [0.25, 0.3) is 0 Å². The number of nitro groups is 1. The highest BCUT2D eigenvalue weighted by Gasteiger charge is 2.12. The number of rotatable bonds is 6. The molecule has 0 unspecified atom stereocenters. The maximum absolute atomic E-state index is 12.3. The SMILES string of the molecule is C/C=C(\C)NC(=O)c1ccccc1NSc1cccc([N+](=O)[O-])c1.CC. The molecule has 1 amide bonds. The number of nitrogens with one attached hydrogen (secondary N) is 2. The van der Waals surface area contributed by atoms with Crippen molar-refractivity contribution in [1.82, 2.24) is 5.32 Å². The number of carbonyl (C=O) groups is 1. The maximum Gasteiger partial charge on any atom is 0.270 e. The minimum Gasteiger partial charge on any atom is -0.326 e. The first-order valence-corrected chi connectivity index (χ1v) is 9.03. The summed E-state index contributed by atoms with van der Waals surface area (Å²) in [4.78, 5) is 23.4. The molecule has 2 aromatic rings. The number of nitrogens with zero attached hydrogens (tertiary/aromatic N) is 1. The molecule has 2 rings (SSSR count). The fourth-order valence-electron chi connectivity index (χ4n) is 1.86. The Hall–Kier alpha value is -2.80. The number of anilines is 1. The summed E-state index contributed by atoms with van der Waals surface area (Å²) in [6.45, 7) is 7.66. The zero-order valence-corrected chi connectivity index (χ0v) is 16.1. The minimum atomic E-state index is -0.439. The molecule has 0 aromatic heterocycles. The van der Waals surface area contributed by atoms with Gasteiger partial charge in [0.25, 0.3) is 11.6 Å². The van der Waals surface area contributed by atoms with Crippen LogP contribution in [0.1, 0.15) is 38.1 Å². The van der Waals surface area contributed by atoms with Crippen molar-refractivity contribution in [3.8, 4) is 0 Å². The molecule has 0 radical (unpaired) electrons. The van der Waals surface area contributed by atoms with Crippen LogP contribution in [0.5, 0.6) is 0 Å². The molecule has 0 saturated carbocycles. The van der Waals surface area contributed by atoms with E-state index in [0.29, 0.717) is 16.1 Å². The second kappa shape index (κ2) is 10.9. The predicted octanol–water partition coefficient (Wildman–Crippen LogP) is 5.39. The first-order chi connectivity index (χ1) is 12.5. The maximum atomic E-state index is 12.3. The summed E-state index contributed by atoms with van der Waals surface area (Å²) in [5.74, 6) is -0.214. The van der Waals surface area contributed by atoms with Gasteiger partial charge in [0.05, 0.1) is 16.2 Å². The van der Waals surface area contributed by atoms with Crippen LogP contribution < -0.4 is 10.0 Å². The van der Waals surface area contributed by atoms with Gasteiger partial charge < -0.3 is 10.0 Å². The highest BCUT2D eigenvalue weighted by Crippen LogP contribution is 2.26. The van der Waals surface area contributed by atoms with Gasteiger partial charge >= 0.3 is 0 Å². The number of amides is 1. The molecule has 2 aromatic carbocycles. The normalized spacial score (nSPS) is 10.4. The van der Waals surface area contributed by atoms with Crippen molar-refractivity contribution in [2.75, 3.05) is 4.72 Å². The Bertz CT molecular complexity index is 791. The minimum absolute atomic E-state index is 0.0246. The van der Waals surface area contributed by atoms with Crippen LogP contribution in [0.3, 0.4) is 0 Å². The van der Waals surface area contributed by atoms with E-state index in [2.05, 4.69) is 10.0 Å². The lowest BCUT2D eigenvalue weighted by Gasteiger charge is -2.11. The highest BCUT2D eigenvalue weighted by molar-refractivity contribution is 8.00. The second-order valence-electron chi connectivity index (χ2n) is 4.93. The van der Waals surface area contributed by atoms with E-state index in [-0.39, 0.29) is 11.6 Å². The monoisotopic (exact) mass is 373 g/mol. The molecule has 138 valence electrons. The Morgan fingerprint density at radius 1 is 1.15 bits per heavy atom. The molecule has 2 N–H and O–H groups in total. The van der Waals surface area contributed by atoms with Crippen molar-refractivity contribution < 1.29 is 9.72 Å². The van der Waals surface area contributed by atoms with E-state index in [1.165, 1.54) is 24.1 Å². The lowest BCUT2D eigenvalue weighted by atomic mass is 10.1. The van der Waals surface area contributed by atoms with Crippen LogP contribution >= 0.6 is 11.9 Å². The summed E-state index contributed by atoms with van der Waals surface area (Å²) in [5, 5.41) is 13.6. The molecule has 0 aliphatic heterocycles. The van der Waals surface area contributed by atoms with Crippen LogP contribution in [-0.4, -0.2) is 10.8 Å². The van der Waals surface area contributed by atoms with E-state index >= 15 is 0 Å². The molecule has 0 aliphatic carbocycles. The molecule has 0 heterocycles. The van der Waals surface area contributed by atoms with Gasteiger partial charge in [0.2, 0.25) is 0 Å². The molecule has 0 bridgehead atoms. The topological polar surface area (TPSA) is 84.3 Å². The van der Waals surface area contributed by atoms with Gasteiger partial charge in [-0.05, 0) is 44.0 Å². The van der Waals surface area contributed by atoms with Crippen molar-refractivity contribution in [1.29, 1.82) is 0 Å². The van der Waals surface area contributed by atoms with Gasteiger partial charge in [0, 0.05) is 22.7 Å². The molecule has 0 atom stereocenters. The Morgan fingerprint density at radius 2 is 1.85 bits per heavy atom. The summed E-state index contributed by atoms with van der Waals surface area (Å²) in [6, 6.07) is 13.4. The van der Waals surface area contributed by atoms with E-state index in [4.69, 9.17) is 0 Å². The van der Waals surface area contributed by atoms with Crippen LogP contribution in [0, 0.1) is 10.1 Å². The third-order valence-corrected chi connectivity index (χ3v) is 4.03. The Morgan fingerprint density at radius 3 is 2.50 bits per heavy atom. The van der Waals surface area contributed by atoms with Crippen molar-refractivity contribution in [3.05, 3.63) is 76.0 Å². The lowest BCUT2D eigenvalue weighted by molar-refractivity contribution is -0.385. The standard InChI is InChI=1S/C17H17N3O3S.C2H6/c1-3-12(2)18-17(21)15-9-4-5-10-16(15)19-24-14-8-6-7-13(11-14)20(22)23;1-2/h3-11,19H,1-2H3,(H,18,21);1-2H3/b12-3+;. The molecule has 0 saturated heterocycles. The van der Waals surface area contributed by atoms with E-state index in [1.807, 2.05) is 39.8 Å². The van der Waals surface area contributed by atoms with Gasteiger partial charge in [-0.3, -0.25) is 14.9 Å². The number of allylic oxidation sites excluding steroid dienone is 2. The number of benzene rings is 2. The first-order valence-electron chi connectivity index (χ1n) is 8.22. The predicted molar refractivity (Wildman–Crippen MR) is 107 cm³/mol. The van der Waals surface area contributed by atoms with Crippen molar-refractivity contribution in [3.63, 3.8) is 0 Å². The van der Waals surface area contributed by atoms with E-state index in [1.54, 1.807) is 30.3 Å². The quantitative estimate of drug-likeness (QED) is 0.403. The molecule has 7 heteroatoms. The molecule has 26 heavy (non-hydrogen) atoms. The molecule has 6 nitrogen and oxygen atoms in total. The molecule has 0 spiro atoms. The highest BCUT2D eigenvalue weighted by atomic mass is 32.2. The first kappa shape index (κ1) is 21.2. The fraction of sp³-hybridized carbons (Fsp3) is 0.211. The Balaban J connectivity index is 0.00000163. The van der Waals surface area contributed by atoms with Crippen LogP contribution in [0.4, 0.5) is 11.4 Å². The summed E-state index contributed by atoms with van der Waals surface area (Å²) >= 11 is 1.21. The summed E-state index contributed by atoms with van der Waals surface area (Å²) in [5.41, 5.74) is 1.92. The van der Waals surface area contributed by atoms with Gasteiger partial charge in [0.1, 0.15) is 0 Å². The van der Waals surface area contributed by atoms with Crippen molar-refractivity contribution in [2.24, 2.45) is 0 Å². The van der Waals surface area contributed by atoms with Gasteiger partial charge in [-0.25, -0.2) is 0 Å². The van der Waals surface area contributed by atoms with Crippen molar-refractivity contribution >= 4 is 29.2 Å². The number of carbonyl (C=O) groups excluding carboxylic acids is 1. The average Bonchev–Trinajstić information content (AvgIpc) is 2.68. The fourth-order valence-corrected chi connectivity index (χ4v) is 2.60. The van der Waals surface area contributed by atoms with Crippen LogP contribution in [-0.2, 0) is 0 Å². The summed E-state index contributed by atoms with van der Waals surface area (Å²) < 4.78 is 3.08. The molecular weight excluding hydrogens is 350 g/mol. The zero-order valence-electron chi connectivity index (χ0n) is 15.3. The zero-order chi connectivity index (χ0) is 19.5. The smallest absolute Gasteiger partial charge is 0.270 e. The second-order valence-corrected chi connectivity index (χ2v) is 5.81. The van der Waals surface area contributed by atoms with Gasteiger partial charge in [0.15, 0.2) is 0 Å². The number of non-ortho nitro benzene ring substituents is 1. The lowest BCUT2D eigenvalue weighted by Crippen LogP contribution is -2.22. The third kappa shape index (κ3) is 6.25. The van der Waals surface area contributed by atoms with Gasteiger partial charge in [-0.1, -0.05) is 38.1 Å². The van der Waals surface area contributed by atoms with E-state index in [0.717, 1.165) is 5.70 Å². The molecular formula is C19H23N3O3S. The van der Waals surface area contributed by atoms with Crippen LogP contribution in [0.2, 0.25) is 0 Å². The van der Waals surface area contributed by atoms with Crippen molar-refractivity contribution in [2.45, 2.75) is 32.6 Å². The summed E-state index contributed by atoms with van der Waals surface area (Å²) in [7, 11) is 0. The number of para-hydroxylation sites is 1. The van der Waals surface area contributed by atoms with Gasteiger partial charge in [-0.2, -0.15) is 0 Å². The molecule has 0 fully saturated rings. The number of hydrogen-bond donors (Lipinski definition) is 2. The number of hydrogen-bond acceptors (Lipinski definition) is 5. The Labute approximate surface area is 158 Å². The van der Waals surface area contributed by atoms with E-state index in [9.17, 15) is 14.9 Å². The van der Waals surface area contributed by atoms with E-state index < -0.39 is 4.92 Å². The summed E-state index contributed by atoms with van der Waals surface area (Å²) in [6.07, 6.45) is 1.81. The molecule has 0 aliphatic rings. The van der Waals surface area contributed by atoms with Gasteiger partial charge in [-0.15, -0.1) is 0 Å². The van der Waals surface area contributed by atoms with Crippen LogP contribution in [0.15, 0.2) is 65.2 Å². The Kier molecular flexibility index (Phi) is 8.94. The largest absolute Gasteiger partial charge is 0.326 e. The average molecular weight is 373 g/mol.